The molecule has 0 spiro atoms. The molecule has 8 nitrogen and oxygen atoms in total. The molecule has 36 heavy (non-hydrogen) atoms. The van der Waals surface area contributed by atoms with Gasteiger partial charge < -0.3 is 16.4 Å². The Hall–Kier alpha value is -3.96. The first-order chi connectivity index (χ1) is 17.5. The van der Waals surface area contributed by atoms with Gasteiger partial charge in [-0.25, -0.2) is 15.0 Å². The molecule has 0 radical (unpaired) electrons. The summed E-state index contributed by atoms with van der Waals surface area (Å²) in [4.78, 5) is 30.5. The molecule has 0 bridgehead atoms. The zero-order chi connectivity index (χ0) is 25.1. The highest BCUT2D eigenvalue weighted by Crippen LogP contribution is 2.26. The van der Waals surface area contributed by atoms with E-state index in [0.29, 0.717) is 34.4 Å². The molecule has 1 saturated carbocycles. The van der Waals surface area contributed by atoms with E-state index < -0.39 is 0 Å². The zero-order valence-electron chi connectivity index (χ0n) is 20.6. The molecule has 1 saturated heterocycles. The van der Waals surface area contributed by atoms with Gasteiger partial charge in [0.25, 0.3) is 5.91 Å². The molecule has 0 atom stereocenters. The molecule has 0 unspecified atom stereocenters. The second kappa shape index (κ2) is 10.3. The molecule has 2 aliphatic rings. The van der Waals surface area contributed by atoms with Crippen molar-refractivity contribution < 1.29 is 4.79 Å². The van der Waals surface area contributed by atoms with E-state index in [1.165, 1.54) is 25.7 Å². The number of carbonyl (C=O) groups is 1. The van der Waals surface area contributed by atoms with E-state index in [4.69, 9.17) is 11.5 Å². The van der Waals surface area contributed by atoms with E-state index in [1.807, 2.05) is 42.2 Å². The summed E-state index contributed by atoms with van der Waals surface area (Å²) >= 11 is 0. The van der Waals surface area contributed by atoms with E-state index in [0.717, 1.165) is 37.3 Å². The number of nitrogen functional groups attached to an aromatic ring is 2. The Morgan fingerprint density at radius 2 is 1.67 bits per heavy atom. The number of rotatable bonds is 3. The minimum Gasteiger partial charge on any atom is -0.384 e. The summed E-state index contributed by atoms with van der Waals surface area (Å²) in [6.45, 7) is 5.33. The summed E-state index contributed by atoms with van der Waals surface area (Å²) in [6, 6.07) is 11.8. The molecule has 1 aromatic carbocycles. The molecule has 184 valence electrons. The van der Waals surface area contributed by atoms with Crippen molar-refractivity contribution in [2.75, 3.05) is 37.6 Å². The van der Waals surface area contributed by atoms with Crippen LogP contribution in [0, 0.1) is 18.8 Å². The molecule has 1 amide bonds. The fraction of sp³-hybridized carbons (Fsp3) is 0.357. The van der Waals surface area contributed by atoms with Crippen molar-refractivity contribution in [3.8, 4) is 23.1 Å². The van der Waals surface area contributed by atoms with Crippen LogP contribution in [0.4, 0.5) is 11.8 Å². The molecule has 1 aliphatic carbocycles. The molecule has 3 heterocycles. The minimum atomic E-state index is 0.0712. The molecule has 5 rings (SSSR count). The topological polar surface area (TPSA) is 114 Å². The summed E-state index contributed by atoms with van der Waals surface area (Å²) in [5.41, 5.74) is 15.9. The lowest BCUT2D eigenvalue weighted by atomic mass is 10.0. The molecule has 2 fully saturated rings. The van der Waals surface area contributed by atoms with E-state index in [1.54, 1.807) is 12.3 Å². The lowest BCUT2D eigenvalue weighted by molar-refractivity contribution is 0.0573. The number of aryl methyl sites for hydroxylation is 1. The lowest BCUT2D eigenvalue weighted by Gasteiger charge is -2.38. The summed E-state index contributed by atoms with van der Waals surface area (Å²) in [5.74, 6) is 6.97. The first-order valence-electron chi connectivity index (χ1n) is 12.5. The van der Waals surface area contributed by atoms with E-state index >= 15 is 0 Å². The van der Waals surface area contributed by atoms with Gasteiger partial charge in [0.2, 0.25) is 5.95 Å². The average Bonchev–Trinajstić information content (AvgIpc) is 3.44. The summed E-state index contributed by atoms with van der Waals surface area (Å²) < 4.78 is 0. The number of hydrogen-bond donors (Lipinski definition) is 2. The van der Waals surface area contributed by atoms with Gasteiger partial charge in [0.15, 0.2) is 0 Å². The Balaban J connectivity index is 1.33. The highest BCUT2D eigenvalue weighted by atomic mass is 16.2. The van der Waals surface area contributed by atoms with Crippen LogP contribution < -0.4 is 11.5 Å². The fourth-order valence-corrected chi connectivity index (χ4v) is 5.08. The number of piperazine rings is 1. The Kier molecular flexibility index (Phi) is 6.83. The van der Waals surface area contributed by atoms with Crippen LogP contribution in [0.5, 0.6) is 0 Å². The van der Waals surface area contributed by atoms with Crippen molar-refractivity contribution in [1.82, 2.24) is 24.8 Å². The molecule has 3 aromatic rings. The number of pyridine rings is 1. The van der Waals surface area contributed by atoms with E-state index in [9.17, 15) is 4.79 Å². The highest BCUT2D eigenvalue weighted by molar-refractivity contribution is 5.94. The quantitative estimate of drug-likeness (QED) is 0.553. The predicted molar refractivity (Wildman–Crippen MR) is 141 cm³/mol. The van der Waals surface area contributed by atoms with Gasteiger partial charge in [-0.1, -0.05) is 36.8 Å². The number of nitrogens with zero attached hydrogens (tertiary/aromatic N) is 5. The van der Waals surface area contributed by atoms with Crippen molar-refractivity contribution >= 4 is 17.7 Å². The van der Waals surface area contributed by atoms with Crippen LogP contribution in [0.1, 0.15) is 52.9 Å². The molecule has 4 N–H and O–H groups in total. The summed E-state index contributed by atoms with van der Waals surface area (Å²) in [7, 11) is 0. The van der Waals surface area contributed by atoms with Crippen molar-refractivity contribution in [2.24, 2.45) is 0 Å². The Morgan fingerprint density at radius 1 is 0.944 bits per heavy atom. The molecule has 2 aromatic heterocycles. The van der Waals surface area contributed by atoms with Gasteiger partial charge in [0, 0.05) is 55.1 Å². The maximum atomic E-state index is 13.2. The highest BCUT2D eigenvalue weighted by Gasteiger charge is 2.28. The number of aromatic nitrogens is 3. The molecular weight excluding hydrogens is 450 g/mol. The summed E-state index contributed by atoms with van der Waals surface area (Å²) in [5, 5.41) is 0. The third-order valence-electron chi connectivity index (χ3n) is 7.07. The van der Waals surface area contributed by atoms with Gasteiger partial charge in [0.1, 0.15) is 5.82 Å². The summed E-state index contributed by atoms with van der Waals surface area (Å²) in [6.07, 6.45) is 6.89. The third kappa shape index (κ3) is 5.16. The average molecular weight is 482 g/mol. The number of amides is 1. The van der Waals surface area contributed by atoms with Crippen LogP contribution in [0.2, 0.25) is 0 Å². The maximum Gasteiger partial charge on any atom is 0.253 e. The number of anilines is 2. The van der Waals surface area contributed by atoms with Crippen LogP contribution in [0.25, 0.3) is 11.3 Å². The zero-order valence-corrected chi connectivity index (χ0v) is 20.6. The van der Waals surface area contributed by atoms with Crippen molar-refractivity contribution in [3.05, 3.63) is 65.0 Å². The third-order valence-corrected chi connectivity index (χ3v) is 7.07. The van der Waals surface area contributed by atoms with Crippen LogP contribution in [0.15, 0.2) is 42.6 Å². The first kappa shape index (κ1) is 23.8. The van der Waals surface area contributed by atoms with Crippen LogP contribution in [-0.4, -0.2) is 62.9 Å². The second-order valence-electron chi connectivity index (χ2n) is 9.46. The standard InChI is InChI=1S/C28H31N7O/c1-19-24(12-6-20-7-13-25(29)31-18-20)26(33-28(30)32-19)21-8-10-22(11-9-21)27(36)35-16-14-34(15-17-35)23-4-2-3-5-23/h7-11,13,18,23H,2-5,14-17H2,1H3,(H2,29,31)(H2,30,32,33). The fourth-order valence-electron chi connectivity index (χ4n) is 5.08. The molecule has 1 aliphatic heterocycles. The van der Waals surface area contributed by atoms with Crippen molar-refractivity contribution in [2.45, 2.75) is 38.6 Å². The molecular formula is C28H31N7O. The monoisotopic (exact) mass is 481 g/mol. The smallest absolute Gasteiger partial charge is 0.253 e. The maximum absolute atomic E-state index is 13.2. The minimum absolute atomic E-state index is 0.0712. The number of nitrogens with two attached hydrogens (primary N) is 2. The number of benzene rings is 1. The van der Waals surface area contributed by atoms with Crippen molar-refractivity contribution in [3.63, 3.8) is 0 Å². The Morgan fingerprint density at radius 3 is 2.33 bits per heavy atom. The van der Waals surface area contributed by atoms with Crippen molar-refractivity contribution in [1.29, 1.82) is 0 Å². The number of carbonyl (C=O) groups excluding carboxylic acids is 1. The first-order valence-corrected chi connectivity index (χ1v) is 12.5. The van der Waals surface area contributed by atoms with Crippen LogP contribution >= 0.6 is 0 Å². The predicted octanol–water partition coefficient (Wildman–Crippen LogP) is 3.11. The largest absolute Gasteiger partial charge is 0.384 e. The van der Waals surface area contributed by atoms with Gasteiger partial charge >= 0.3 is 0 Å². The SMILES string of the molecule is Cc1nc(N)nc(-c2ccc(C(=O)N3CCN(C4CCCC4)CC3)cc2)c1C#Cc1ccc(N)nc1. The molecule has 8 heteroatoms. The second-order valence-corrected chi connectivity index (χ2v) is 9.46. The van der Waals surface area contributed by atoms with E-state index in [2.05, 4.69) is 31.7 Å². The van der Waals surface area contributed by atoms with Crippen LogP contribution in [0.3, 0.4) is 0 Å². The van der Waals surface area contributed by atoms with Gasteiger partial charge in [0.05, 0.1) is 17.0 Å². The van der Waals surface area contributed by atoms with Gasteiger partial charge in [-0.15, -0.1) is 0 Å². The lowest BCUT2D eigenvalue weighted by Crippen LogP contribution is -2.51. The van der Waals surface area contributed by atoms with E-state index in [-0.39, 0.29) is 11.9 Å². The normalized spacial score (nSPS) is 16.5. The number of hydrogen-bond acceptors (Lipinski definition) is 7. The van der Waals surface area contributed by atoms with Gasteiger partial charge in [-0.3, -0.25) is 9.69 Å². The van der Waals surface area contributed by atoms with Gasteiger partial charge in [-0.05, 0) is 44.0 Å². The van der Waals surface area contributed by atoms with Crippen LogP contribution in [-0.2, 0) is 0 Å². The van der Waals surface area contributed by atoms with Gasteiger partial charge in [-0.2, -0.15) is 0 Å². The Labute approximate surface area is 211 Å². The Bertz CT molecular complexity index is 1290.